The number of hydrogen-bond donors (Lipinski definition) is 0. The molecule has 0 atom stereocenters. The number of ether oxygens (including phenoxy) is 1. The first kappa shape index (κ1) is 5.03. The number of aromatic nitrogens is 2. The van der Waals surface area contributed by atoms with Gasteiger partial charge in [-0.1, -0.05) is 0 Å². The topological polar surface area (TPSA) is 35.0 Å². The molecule has 1 radical (unpaired) electrons. The van der Waals surface area contributed by atoms with Gasteiger partial charge in [-0.05, 0) is 0 Å². The highest BCUT2D eigenvalue weighted by Crippen LogP contribution is 1.95. The minimum absolute atomic E-state index is 0.424. The molecule has 0 aliphatic carbocycles. The van der Waals surface area contributed by atoms with Crippen LogP contribution >= 0.6 is 0 Å². The van der Waals surface area contributed by atoms with E-state index in [2.05, 4.69) is 20.9 Å². The average Bonchev–Trinajstić information content (AvgIpc) is 1.90. The molecule has 0 saturated carbocycles. The Morgan fingerprint density at radius 1 is 1.62 bits per heavy atom. The predicted molar refractivity (Wildman–Crippen MR) is 27.4 cm³/mol. The number of methoxy groups -OCH3 is 1. The smallest absolute Gasteiger partial charge is 0.242 e. The van der Waals surface area contributed by atoms with Gasteiger partial charge in [0.25, 0.3) is 0 Å². The summed E-state index contributed by atoms with van der Waals surface area (Å²) in [5.74, 6) is 0.424. The van der Waals surface area contributed by atoms with Gasteiger partial charge in [-0.15, -0.1) is 0 Å². The summed E-state index contributed by atoms with van der Waals surface area (Å²) >= 11 is 0. The van der Waals surface area contributed by atoms with Crippen molar-refractivity contribution in [1.82, 2.24) is 9.97 Å². The summed E-state index contributed by atoms with van der Waals surface area (Å²) in [7, 11) is 1.53. The van der Waals surface area contributed by atoms with E-state index in [1.54, 1.807) is 12.4 Å². The Hall–Kier alpha value is -1.12. The van der Waals surface area contributed by atoms with Crippen LogP contribution in [-0.4, -0.2) is 17.1 Å². The molecule has 0 fully saturated rings. The lowest BCUT2D eigenvalue weighted by Gasteiger charge is -1.90. The van der Waals surface area contributed by atoms with Gasteiger partial charge < -0.3 is 4.74 Å². The average molecular weight is 109 g/mol. The van der Waals surface area contributed by atoms with Gasteiger partial charge in [0, 0.05) is 12.4 Å². The fourth-order valence-electron chi connectivity index (χ4n) is 0.354. The van der Waals surface area contributed by atoms with Crippen LogP contribution < -0.4 is 4.74 Å². The standard InChI is InChI=1S/C5H5N2O/c1-8-5-4-6-2-3-7-5/h2-3H,1H3. The largest absolute Gasteiger partial charge is 0.479 e. The van der Waals surface area contributed by atoms with Crippen molar-refractivity contribution in [2.45, 2.75) is 0 Å². The molecule has 0 spiro atoms. The van der Waals surface area contributed by atoms with E-state index < -0.39 is 0 Å². The lowest BCUT2D eigenvalue weighted by molar-refractivity contribution is 0.394. The lowest BCUT2D eigenvalue weighted by atomic mass is 10.7. The first-order chi connectivity index (χ1) is 3.93. The van der Waals surface area contributed by atoms with Crippen molar-refractivity contribution in [3.05, 3.63) is 18.6 Å². The highest BCUT2D eigenvalue weighted by atomic mass is 16.5. The molecule has 1 rings (SSSR count). The Kier molecular flexibility index (Phi) is 1.42. The van der Waals surface area contributed by atoms with E-state index in [4.69, 9.17) is 0 Å². The van der Waals surface area contributed by atoms with E-state index >= 15 is 0 Å². The summed E-state index contributed by atoms with van der Waals surface area (Å²) in [4.78, 5) is 7.40. The Morgan fingerprint density at radius 3 is 2.88 bits per heavy atom. The monoisotopic (exact) mass is 109 g/mol. The van der Waals surface area contributed by atoms with Crippen molar-refractivity contribution in [2.24, 2.45) is 0 Å². The maximum absolute atomic E-state index is 4.69. The molecule has 3 heteroatoms. The molecular weight excluding hydrogens is 104 g/mol. The lowest BCUT2D eigenvalue weighted by Crippen LogP contribution is -1.86. The number of rotatable bonds is 1. The van der Waals surface area contributed by atoms with E-state index in [0.717, 1.165) is 0 Å². The quantitative estimate of drug-likeness (QED) is 0.519. The molecule has 0 N–H and O–H groups in total. The Labute approximate surface area is 47.3 Å². The first-order valence-electron chi connectivity index (χ1n) is 2.16. The molecule has 0 amide bonds. The summed E-state index contributed by atoms with van der Waals surface area (Å²) in [6.45, 7) is 0. The minimum atomic E-state index is 0.424. The molecule has 3 nitrogen and oxygen atoms in total. The van der Waals surface area contributed by atoms with Crippen molar-refractivity contribution in [3.63, 3.8) is 0 Å². The Morgan fingerprint density at radius 2 is 2.50 bits per heavy atom. The molecule has 41 valence electrons. The predicted octanol–water partition coefficient (Wildman–Crippen LogP) is 0.285. The molecule has 8 heavy (non-hydrogen) atoms. The second kappa shape index (κ2) is 2.26. The van der Waals surface area contributed by atoms with Gasteiger partial charge in [0.15, 0.2) is 6.20 Å². The van der Waals surface area contributed by atoms with Gasteiger partial charge in [-0.2, -0.15) is 0 Å². The molecular formula is C5H5N2O. The van der Waals surface area contributed by atoms with Crippen LogP contribution in [0.1, 0.15) is 0 Å². The number of hydrogen-bond acceptors (Lipinski definition) is 3. The van der Waals surface area contributed by atoms with Crippen LogP contribution in [0, 0.1) is 6.20 Å². The van der Waals surface area contributed by atoms with E-state index in [1.165, 1.54) is 7.11 Å². The second-order valence-corrected chi connectivity index (χ2v) is 1.18. The minimum Gasteiger partial charge on any atom is -0.479 e. The first-order valence-corrected chi connectivity index (χ1v) is 2.16. The molecule has 0 aliphatic heterocycles. The maximum Gasteiger partial charge on any atom is 0.242 e. The molecule has 0 saturated heterocycles. The van der Waals surface area contributed by atoms with Gasteiger partial charge in [0.1, 0.15) is 0 Å². The van der Waals surface area contributed by atoms with Crippen LogP contribution in [0.4, 0.5) is 0 Å². The van der Waals surface area contributed by atoms with Gasteiger partial charge in [-0.25, -0.2) is 9.97 Å². The highest BCUT2D eigenvalue weighted by molar-refractivity contribution is 4.97. The number of nitrogens with zero attached hydrogens (tertiary/aromatic N) is 2. The summed E-state index contributed by atoms with van der Waals surface area (Å²) in [5.41, 5.74) is 0. The molecule has 0 aliphatic rings. The van der Waals surface area contributed by atoms with Crippen molar-refractivity contribution < 1.29 is 4.74 Å². The second-order valence-electron chi connectivity index (χ2n) is 1.18. The van der Waals surface area contributed by atoms with Crippen LogP contribution in [0.5, 0.6) is 5.88 Å². The fraction of sp³-hybridized carbons (Fsp3) is 0.200. The van der Waals surface area contributed by atoms with E-state index in [1.807, 2.05) is 0 Å². The van der Waals surface area contributed by atoms with Crippen molar-refractivity contribution in [3.8, 4) is 5.88 Å². The van der Waals surface area contributed by atoms with Crippen LogP contribution in [0.15, 0.2) is 12.4 Å². The molecule has 0 bridgehead atoms. The van der Waals surface area contributed by atoms with E-state index in [0.29, 0.717) is 5.88 Å². The van der Waals surface area contributed by atoms with Gasteiger partial charge in [-0.3, -0.25) is 0 Å². The Balaban J connectivity index is 2.83. The molecule has 1 aromatic rings. The third-order valence-electron chi connectivity index (χ3n) is 0.687. The van der Waals surface area contributed by atoms with Crippen molar-refractivity contribution >= 4 is 0 Å². The SMILES string of the molecule is COc1[c]nccn1. The summed E-state index contributed by atoms with van der Waals surface area (Å²) in [6, 6.07) is 0. The normalized spacial score (nSPS) is 8.62. The van der Waals surface area contributed by atoms with Gasteiger partial charge >= 0.3 is 0 Å². The summed E-state index contributed by atoms with van der Waals surface area (Å²) < 4.78 is 4.69. The highest BCUT2D eigenvalue weighted by Gasteiger charge is 1.84. The van der Waals surface area contributed by atoms with Gasteiger partial charge in [0.05, 0.1) is 7.11 Å². The maximum atomic E-state index is 4.69. The third kappa shape index (κ3) is 0.932. The van der Waals surface area contributed by atoms with Crippen LogP contribution in [0.3, 0.4) is 0 Å². The molecule has 0 aromatic carbocycles. The summed E-state index contributed by atoms with van der Waals surface area (Å²) in [5, 5.41) is 0. The summed E-state index contributed by atoms with van der Waals surface area (Å²) in [6.07, 6.45) is 5.63. The van der Waals surface area contributed by atoms with E-state index in [-0.39, 0.29) is 0 Å². The molecule has 1 aromatic heterocycles. The molecule has 0 unspecified atom stereocenters. The van der Waals surface area contributed by atoms with Crippen LogP contribution in [-0.2, 0) is 0 Å². The zero-order valence-electron chi connectivity index (χ0n) is 4.46. The zero-order valence-corrected chi connectivity index (χ0v) is 4.46. The van der Waals surface area contributed by atoms with Crippen molar-refractivity contribution in [2.75, 3.05) is 7.11 Å². The molecule has 1 heterocycles. The fourth-order valence-corrected chi connectivity index (χ4v) is 0.354. The van der Waals surface area contributed by atoms with E-state index in [9.17, 15) is 0 Å². The van der Waals surface area contributed by atoms with Crippen LogP contribution in [0.25, 0.3) is 0 Å². The van der Waals surface area contributed by atoms with Gasteiger partial charge in [0.2, 0.25) is 5.88 Å². The zero-order chi connectivity index (χ0) is 5.82. The van der Waals surface area contributed by atoms with Crippen molar-refractivity contribution in [1.29, 1.82) is 0 Å². The third-order valence-corrected chi connectivity index (χ3v) is 0.687. The Bertz CT molecular complexity index is 152. The van der Waals surface area contributed by atoms with Crippen LogP contribution in [0.2, 0.25) is 0 Å².